The number of urea groups is 1. The number of aliphatic carboxylic acids is 1. The van der Waals surface area contributed by atoms with Gasteiger partial charge in [0.1, 0.15) is 6.04 Å². The maximum absolute atomic E-state index is 12.1. The summed E-state index contributed by atoms with van der Waals surface area (Å²) in [6, 6.07) is 8.62. The molecule has 1 heterocycles. The van der Waals surface area contributed by atoms with Crippen LogP contribution in [0.3, 0.4) is 0 Å². The maximum Gasteiger partial charge on any atom is 0.326 e. The van der Waals surface area contributed by atoms with Gasteiger partial charge < -0.3 is 20.2 Å². The topological polar surface area (TPSA) is 90.0 Å². The summed E-state index contributed by atoms with van der Waals surface area (Å²) in [7, 11) is 1.69. The first-order valence-electron chi connectivity index (χ1n) is 8.04. The highest BCUT2D eigenvalue weighted by atomic mass is 16.4. The molecule has 2 N–H and O–H groups in total. The molecule has 1 aromatic carbocycles. The molecular formula is C17H23N3O4. The van der Waals surface area contributed by atoms with Crippen LogP contribution in [0, 0.1) is 0 Å². The van der Waals surface area contributed by atoms with Crippen molar-refractivity contribution >= 4 is 17.9 Å². The van der Waals surface area contributed by atoms with Gasteiger partial charge in [-0.15, -0.1) is 0 Å². The monoisotopic (exact) mass is 333 g/mol. The van der Waals surface area contributed by atoms with Gasteiger partial charge in [0, 0.05) is 33.1 Å². The Kier molecular flexibility index (Phi) is 6.17. The molecule has 1 aliphatic rings. The van der Waals surface area contributed by atoms with Crippen LogP contribution < -0.4 is 5.32 Å². The van der Waals surface area contributed by atoms with Gasteiger partial charge >= 0.3 is 12.0 Å². The Bertz CT molecular complexity index is 591. The highest BCUT2D eigenvalue weighted by Gasteiger charge is 2.33. The molecule has 3 amide bonds. The van der Waals surface area contributed by atoms with Crippen molar-refractivity contribution in [2.24, 2.45) is 0 Å². The number of hydrogen-bond donors (Lipinski definition) is 2. The van der Waals surface area contributed by atoms with Gasteiger partial charge in [-0.05, 0) is 18.4 Å². The number of carbonyl (C=O) groups is 3. The highest BCUT2D eigenvalue weighted by molar-refractivity contribution is 5.84. The molecule has 1 atom stereocenters. The van der Waals surface area contributed by atoms with Crippen molar-refractivity contribution in [3.63, 3.8) is 0 Å². The van der Waals surface area contributed by atoms with E-state index in [4.69, 9.17) is 5.11 Å². The Balaban J connectivity index is 1.74. The molecule has 130 valence electrons. The maximum atomic E-state index is 12.1. The number of likely N-dealkylation sites (tertiary alicyclic amines) is 1. The fourth-order valence-electron chi connectivity index (χ4n) is 2.81. The zero-order valence-electron chi connectivity index (χ0n) is 13.8. The normalized spacial score (nSPS) is 16.7. The summed E-state index contributed by atoms with van der Waals surface area (Å²) >= 11 is 0. The summed E-state index contributed by atoms with van der Waals surface area (Å²) < 4.78 is 0. The summed E-state index contributed by atoms with van der Waals surface area (Å²) in [4.78, 5) is 38.1. The van der Waals surface area contributed by atoms with Crippen LogP contribution in [0.2, 0.25) is 0 Å². The first-order valence-corrected chi connectivity index (χ1v) is 8.04. The number of amides is 3. The van der Waals surface area contributed by atoms with E-state index in [1.165, 1.54) is 9.80 Å². The second-order valence-corrected chi connectivity index (χ2v) is 5.91. The van der Waals surface area contributed by atoms with Crippen LogP contribution in [0.1, 0.15) is 24.8 Å². The molecule has 7 heteroatoms. The van der Waals surface area contributed by atoms with E-state index in [0.717, 1.165) is 5.56 Å². The Morgan fingerprint density at radius 1 is 1.29 bits per heavy atom. The lowest BCUT2D eigenvalue weighted by molar-refractivity contribution is -0.148. The van der Waals surface area contributed by atoms with E-state index in [1.54, 1.807) is 7.05 Å². The molecule has 0 bridgehead atoms. The molecule has 0 aromatic heterocycles. The molecule has 0 spiro atoms. The van der Waals surface area contributed by atoms with Gasteiger partial charge in [-0.25, -0.2) is 9.59 Å². The van der Waals surface area contributed by atoms with Crippen molar-refractivity contribution in [2.75, 3.05) is 20.1 Å². The molecule has 1 saturated heterocycles. The van der Waals surface area contributed by atoms with Crippen molar-refractivity contribution in [3.8, 4) is 0 Å². The van der Waals surface area contributed by atoms with Crippen LogP contribution in [0.15, 0.2) is 30.3 Å². The van der Waals surface area contributed by atoms with Crippen molar-refractivity contribution in [2.45, 2.75) is 31.8 Å². The number of nitrogens with zero attached hydrogens (tertiary/aromatic N) is 2. The van der Waals surface area contributed by atoms with Gasteiger partial charge in [0.25, 0.3) is 0 Å². The summed E-state index contributed by atoms with van der Waals surface area (Å²) in [6.45, 7) is 1.14. The van der Waals surface area contributed by atoms with Gasteiger partial charge in [0.2, 0.25) is 5.91 Å². The van der Waals surface area contributed by atoms with Crippen molar-refractivity contribution in [1.29, 1.82) is 0 Å². The Labute approximate surface area is 141 Å². The van der Waals surface area contributed by atoms with Crippen LogP contribution >= 0.6 is 0 Å². The summed E-state index contributed by atoms with van der Waals surface area (Å²) in [5.74, 6) is -1.20. The SMILES string of the molecule is CN(Cc1ccccc1)C(=O)NCCC(=O)N1CCC[C@@H]1C(=O)O. The number of nitrogens with one attached hydrogen (secondary N) is 1. The molecule has 0 radical (unpaired) electrons. The smallest absolute Gasteiger partial charge is 0.326 e. The lowest BCUT2D eigenvalue weighted by Gasteiger charge is -2.22. The molecule has 1 aromatic rings. The van der Waals surface area contributed by atoms with Gasteiger partial charge in [-0.3, -0.25) is 4.79 Å². The number of hydrogen-bond acceptors (Lipinski definition) is 3. The average Bonchev–Trinajstić information content (AvgIpc) is 3.05. The fraction of sp³-hybridized carbons (Fsp3) is 0.471. The van der Waals surface area contributed by atoms with Crippen LogP contribution in [-0.4, -0.2) is 59.0 Å². The minimum Gasteiger partial charge on any atom is -0.480 e. The van der Waals surface area contributed by atoms with Crippen molar-refractivity contribution in [3.05, 3.63) is 35.9 Å². The Hall–Kier alpha value is -2.57. The number of carbonyl (C=O) groups excluding carboxylic acids is 2. The highest BCUT2D eigenvalue weighted by Crippen LogP contribution is 2.18. The van der Waals surface area contributed by atoms with Gasteiger partial charge in [-0.2, -0.15) is 0 Å². The molecule has 1 aliphatic heterocycles. The zero-order chi connectivity index (χ0) is 17.5. The van der Waals surface area contributed by atoms with E-state index < -0.39 is 12.0 Å². The van der Waals surface area contributed by atoms with Crippen molar-refractivity contribution in [1.82, 2.24) is 15.1 Å². The quantitative estimate of drug-likeness (QED) is 0.821. The molecule has 24 heavy (non-hydrogen) atoms. The van der Waals surface area contributed by atoms with E-state index in [9.17, 15) is 14.4 Å². The Morgan fingerprint density at radius 2 is 2.00 bits per heavy atom. The van der Waals surface area contributed by atoms with Crippen LogP contribution in [0.25, 0.3) is 0 Å². The minimum atomic E-state index is -0.965. The predicted molar refractivity (Wildman–Crippen MR) is 88.3 cm³/mol. The van der Waals surface area contributed by atoms with Gasteiger partial charge in [-0.1, -0.05) is 30.3 Å². The number of rotatable bonds is 6. The molecule has 2 rings (SSSR count). The molecule has 0 aliphatic carbocycles. The summed E-state index contributed by atoms with van der Waals surface area (Å²) in [5, 5.41) is 11.8. The third kappa shape index (κ3) is 4.71. The molecule has 7 nitrogen and oxygen atoms in total. The summed E-state index contributed by atoms with van der Waals surface area (Å²) in [5.41, 5.74) is 1.02. The van der Waals surface area contributed by atoms with Crippen LogP contribution in [0.5, 0.6) is 0 Å². The average molecular weight is 333 g/mol. The molecule has 0 saturated carbocycles. The van der Waals surface area contributed by atoms with E-state index in [1.807, 2.05) is 30.3 Å². The zero-order valence-corrected chi connectivity index (χ0v) is 13.8. The number of carboxylic acids is 1. The molecular weight excluding hydrogens is 310 g/mol. The molecule has 0 unspecified atom stereocenters. The minimum absolute atomic E-state index is 0.106. The largest absolute Gasteiger partial charge is 0.480 e. The third-order valence-corrected chi connectivity index (χ3v) is 4.08. The van der Waals surface area contributed by atoms with E-state index in [2.05, 4.69) is 5.32 Å². The standard InChI is InChI=1S/C17H23N3O4/c1-19(12-13-6-3-2-4-7-13)17(24)18-10-9-15(21)20-11-5-8-14(20)16(22)23/h2-4,6-7,14H,5,8-12H2,1H3,(H,18,24)(H,22,23)/t14-/m1/s1. The number of benzene rings is 1. The third-order valence-electron chi connectivity index (χ3n) is 4.08. The lowest BCUT2D eigenvalue weighted by atomic mass is 10.2. The molecule has 1 fully saturated rings. The second kappa shape index (κ2) is 8.33. The Morgan fingerprint density at radius 3 is 2.67 bits per heavy atom. The fourth-order valence-corrected chi connectivity index (χ4v) is 2.81. The van der Waals surface area contributed by atoms with Crippen molar-refractivity contribution < 1.29 is 19.5 Å². The lowest BCUT2D eigenvalue weighted by Crippen LogP contribution is -2.43. The second-order valence-electron chi connectivity index (χ2n) is 5.91. The number of carboxylic acid groups (broad SMARTS) is 1. The first-order chi connectivity index (χ1) is 11.5. The van der Waals surface area contributed by atoms with Gasteiger partial charge in [0.15, 0.2) is 0 Å². The van der Waals surface area contributed by atoms with E-state index in [0.29, 0.717) is 25.9 Å². The summed E-state index contributed by atoms with van der Waals surface area (Å²) in [6.07, 6.45) is 1.30. The van der Waals surface area contributed by atoms with Crippen LogP contribution in [0.4, 0.5) is 4.79 Å². The van der Waals surface area contributed by atoms with E-state index in [-0.39, 0.29) is 24.9 Å². The van der Waals surface area contributed by atoms with Crippen LogP contribution in [-0.2, 0) is 16.1 Å². The predicted octanol–water partition coefficient (Wildman–Crippen LogP) is 1.29. The first kappa shape index (κ1) is 17.8. The van der Waals surface area contributed by atoms with E-state index >= 15 is 0 Å². The van der Waals surface area contributed by atoms with Gasteiger partial charge in [0.05, 0.1) is 0 Å².